The number of carboxylic acids is 1. The minimum absolute atomic E-state index is 0.0699. The van der Waals surface area contributed by atoms with Gasteiger partial charge in [0.2, 0.25) is 5.91 Å². The number of hydrogen-bond acceptors (Lipinski definition) is 4. The Labute approximate surface area is 86.9 Å². The first-order chi connectivity index (χ1) is 7.06. The molecule has 0 aliphatic carbocycles. The van der Waals surface area contributed by atoms with Crippen LogP contribution in [-0.4, -0.2) is 36.1 Å². The number of ether oxygens (including phenoxy) is 1. The predicted octanol–water partition coefficient (Wildman–Crippen LogP) is -0.303. The molecule has 0 atom stereocenters. The molecule has 2 N–H and O–H groups in total. The Hall–Kier alpha value is -1.85. The number of amides is 1. The molecular weight excluding hydrogens is 202 g/mol. The Kier molecular flexibility index (Phi) is 6.61. The normalized spacial score (nSPS) is 9.93. The molecule has 0 fully saturated rings. The van der Waals surface area contributed by atoms with Crippen LogP contribution in [0.3, 0.4) is 0 Å². The van der Waals surface area contributed by atoms with E-state index >= 15 is 0 Å². The van der Waals surface area contributed by atoms with Crippen LogP contribution in [0.2, 0.25) is 0 Å². The molecule has 15 heavy (non-hydrogen) atoms. The smallest absolute Gasteiger partial charge is 0.328 e. The monoisotopic (exact) mass is 215 g/mol. The lowest BCUT2D eigenvalue weighted by molar-refractivity contribution is -0.143. The molecule has 0 spiro atoms. The third-order valence-electron chi connectivity index (χ3n) is 1.31. The quantitative estimate of drug-likeness (QED) is 0.468. The summed E-state index contributed by atoms with van der Waals surface area (Å²) in [6, 6.07) is 0. The van der Waals surface area contributed by atoms with E-state index in [0.717, 1.165) is 12.2 Å². The number of carboxylic acid groups (broad SMARTS) is 1. The maximum absolute atomic E-state index is 10.9. The maximum atomic E-state index is 10.9. The lowest BCUT2D eigenvalue weighted by Crippen LogP contribution is -2.24. The number of carbonyl (C=O) groups excluding carboxylic acids is 2. The van der Waals surface area contributed by atoms with Crippen molar-refractivity contribution in [3.05, 3.63) is 12.2 Å². The van der Waals surface area contributed by atoms with Crippen molar-refractivity contribution in [2.24, 2.45) is 0 Å². The topological polar surface area (TPSA) is 92.7 Å². The summed E-state index contributed by atoms with van der Waals surface area (Å²) in [5, 5.41) is 10.5. The molecular formula is C9H13NO5. The molecule has 0 unspecified atom stereocenters. The number of aliphatic carboxylic acids is 1. The lowest BCUT2D eigenvalue weighted by atomic mass is 10.4. The van der Waals surface area contributed by atoms with Crippen molar-refractivity contribution in [2.45, 2.75) is 13.3 Å². The summed E-state index contributed by atoms with van der Waals surface area (Å²) in [6.07, 6.45) is 1.67. The molecule has 1 amide bonds. The van der Waals surface area contributed by atoms with Crippen LogP contribution in [0, 0.1) is 0 Å². The first-order valence-electron chi connectivity index (χ1n) is 4.40. The highest BCUT2D eigenvalue weighted by Gasteiger charge is 2.02. The molecule has 0 radical (unpaired) electrons. The molecule has 0 aromatic carbocycles. The summed E-state index contributed by atoms with van der Waals surface area (Å²) < 4.78 is 4.62. The SMILES string of the molecule is CCOC(=O)CCNC(=O)/C=C/C(=O)O. The minimum atomic E-state index is -1.20. The predicted molar refractivity (Wildman–Crippen MR) is 51.0 cm³/mol. The van der Waals surface area contributed by atoms with Crippen molar-refractivity contribution in [1.82, 2.24) is 5.32 Å². The molecule has 0 saturated heterocycles. The van der Waals surface area contributed by atoms with Gasteiger partial charge in [0, 0.05) is 18.7 Å². The molecule has 0 aliphatic rings. The van der Waals surface area contributed by atoms with E-state index in [1.165, 1.54) is 0 Å². The Morgan fingerprint density at radius 3 is 2.53 bits per heavy atom. The van der Waals surface area contributed by atoms with E-state index in [9.17, 15) is 14.4 Å². The fourth-order valence-corrected chi connectivity index (χ4v) is 0.727. The van der Waals surface area contributed by atoms with E-state index < -0.39 is 17.8 Å². The number of rotatable bonds is 6. The Morgan fingerprint density at radius 1 is 1.33 bits per heavy atom. The summed E-state index contributed by atoms with van der Waals surface area (Å²) in [5.41, 5.74) is 0. The van der Waals surface area contributed by atoms with Crippen molar-refractivity contribution in [3.8, 4) is 0 Å². The Morgan fingerprint density at radius 2 is 2.00 bits per heavy atom. The van der Waals surface area contributed by atoms with Crippen molar-refractivity contribution < 1.29 is 24.2 Å². The second-order valence-electron chi connectivity index (χ2n) is 2.52. The number of nitrogens with one attached hydrogen (secondary N) is 1. The average molecular weight is 215 g/mol. The third kappa shape index (κ3) is 8.48. The maximum Gasteiger partial charge on any atom is 0.328 e. The summed E-state index contributed by atoms with van der Waals surface area (Å²) in [5.74, 6) is -2.16. The second-order valence-corrected chi connectivity index (χ2v) is 2.52. The molecule has 84 valence electrons. The summed E-state index contributed by atoms with van der Waals surface area (Å²) in [7, 11) is 0. The highest BCUT2D eigenvalue weighted by Crippen LogP contribution is 1.84. The Bertz CT molecular complexity index is 272. The first kappa shape index (κ1) is 13.2. The number of esters is 1. The van der Waals surface area contributed by atoms with Crippen LogP contribution in [0.15, 0.2) is 12.2 Å². The van der Waals surface area contributed by atoms with Gasteiger partial charge in [-0.05, 0) is 6.92 Å². The van der Waals surface area contributed by atoms with Crippen LogP contribution >= 0.6 is 0 Å². The summed E-state index contributed by atoms with van der Waals surface area (Å²) in [4.78, 5) is 31.7. The van der Waals surface area contributed by atoms with Crippen LogP contribution in [0.5, 0.6) is 0 Å². The minimum Gasteiger partial charge on any atom is -0.478 e. The van der Waals surface area contributed by atoms with Gasteiger partial charge in [0.25, 0.3) is 0 Å². The van der Waals surface area contributed by atoms with E-state index in [0.29, 0.717) is 6.61 Å². The van der Waals surface area contributed by atoms with Crippen molar-refractivity contribution >= 4 is 17.8 Å². The molecule has 0 heterocycles. The molecule has 0 saturated carbocycles. The summed E-state index contributed by atoms with van der Waals surface area (Å²) >= 11 is 0. The van der Waals surface area contributed by atoms with Crippen LogP contribution in [0.4, 0.5) is 0 Å². The zero-order valence-corrected chi connectivity index (χ0v) is 8.36. The molecule has 0 bridgehead atoms. The van der Waals surface area contributed by atoms with E-state index in [2.05, 4.69) is 10.1 Å². The fraction of sp³-hybridized carbons (Fsp3) is 0.444. The van der Waals surface area contributed by atoms with Gasteiger partial charge in [-0.15, -0.1) is 0 Å². The Balaban J connectivity index is 3.64. The average Bonchev–Trinajstić information content (AvgIpc) is 2.15. The van der Waals surface area contributed by atoms with E-state index in [-0.39, 0.29) is 13.0 Å². The number of hydrogen-bond donors (Lipinski definition) is 2. The van der Waals surface area contributed by atoms with Crippen LogP contribution in [0.1, 0.15) is 13.3 Å². The molecule has 0 aromatic rings. The summed E-state index contributed by atoms with van der Waals surface area (Å²) in [6.45, 7) is 2.11. The van der Waals surface area contributed by atoms with Gasteiger partial charge in [-0.1, -0.05) is 0 Å². The second kappa shape index (κ2) is 7.54. The van der Waals surface area contributed by atoms with Gasteiger partial charge in [0.1, 0.15) is 0 Å². The van der Waals surface area contributed by atoms with Gasteiger partial charge in [-0.2, -0.15) is 0 Å². The van der Waals surface area contributed by atoms with Crippen LogP contribution in [0.25, 0.3) is 0 Å². The van der Waals surface area contributed by atoms with Gasteiger partial charge in [-0.25, -0.2) is 4.79 Å². The molecule has 0 aliphatic heterocycles. The van der Waals surface area contributed by atoms with Gasteiger partial charge in [0.05, 0.1) is 13.0 Å². The van der Waals surface area contributed by atoms with Crippen molar-refractivity contribution in [3.63, 3.8) is 0 Å². The van der Waals surface area contributed by atoms with Crippen LogP contribution in [-0.2, 0) is 19.1 Å². The van der Waals surface area contributed by atoms with Gasteiger partial charge in [0.15, 0.2) is 0 Å². The van der Waals surface area contributed by atoms with E-state index in [4.69, 9.17) is 5.11 Å². The van der Waals surface area contributed by atoms with Gasteiger partial charge < -0.3 is 15.2 Å². The zero-order chi connectivity index (χ0) is 11.7. The fourth-order valence-electron chi connectivity index (χ4n) is 0.727. The first-order valence-corrected chi connectivity index (χ1v) is 4.40. The van der Waals surface area contributed by atoms with Crippen molar-refractivity contribution in [2.75, 3.05) is 13.2 Å². The molecule has 0 rings (SSSR count). The third-order valence-corrected chi connectivity index (χ3v) is 1.31. The largest absolute Gasteiger partial charge is 0.478 e. The highest BCUT2D eigenvalue weighted by atomic mass is 16.5. The van der Waals surface area contributed by atoms with E-state index in [1.807, 2.05) is 0 Å². The lowest BCUT2D eigenvalue weighted by Gasteiger charge is -2.01. The van der Waals surface area contributed by atoms with Gasteiger partial charge >= 0.3 is 11.9 Å². The highest BCUT2D eigenvalue weighted by molar-refractivity contribution is 5.93. The molecule has 0 aromatic heterocycles. The van der Waals surface area contributed by atoms with Gasteiger partial charge in [-0.3, -0.25) is 9.59 Å². The van der Waals surface area contributed by atoms with E-state index in [1.54, 1.807) is 6.92 Å². The standard InChI is InChI=1S/C9H13NO5/c1-2-15-9(14)5-6-10-7(11)3-4-8(12)13/h3-4H,2,5-6H2,1H3,(H,10,11)(H,12,13)/b4-3+. The van der Waals surface area contributed by atoms with Crippen molar-refractivity contribution in [1.29, 1.82) is 0 Å². The molecule has 6 heteroatoms. The van der Waals surface area contributed by atoms with Crippen LogP contribution < -0.4 is 5.32 Å². The molecule has 6 nitrogen and oxygen atoms in total. The number of carbonyl (C=O) groups is 3. The zero-order valence-electron chi connectivity index (χ0n) is 8.36.